The average molecular weight is 168 g/mol. The predicted molar refractivity (Wildman–Crippen MR) is 49.8 cm³/mol. The van der Waals surface area contributed by atoms with Crippen molar-refractivity contribution in [1.29, 1.82) is 0 Å². The fourth-order valence-corrected chi connectivity index (χ4v) is 0.798. The van der Waals surface area contributed by atoms with Crippen LogP contribution in [0.25, 0.3) is 0 Å². The first-order chi connectivity index (χ1) is 5.81. The van der Waals surface area contributed by atoms with Gasteiger partial charge < -0.3 is 4.74 Å². The zero-order valence-electron chi connectivity index (χ0n) is 7.58. The zero-order valence-corrected chi connectivity index (χ0v) is 7.58. The minimum Gasteiger partial charge on any atom is -0.466 e. The lowest BCUT2D eigenvalue weighted by Crippen LogP contribution is -1.93. The Balaban J connectivity index is 3.24. The fourth-order valence-electron chi connectivity index (χ4n) is 0.798. The lowest BCUT2D eigenvalue weighted by Gasteiger charge is -1.92. The van der Waals surface area contributed by atoms with Gasteiger partial charge in [0.25, 0.3) is 0 Å². The molecule has 0 N–H and O–H groups in total. The van der Waals surface area contributed by atoms with Crippen LogP contribution in [0, 0.1) is 0 Å². The molecule has 12 heavy (non-hydrogen) atoms. The van der Waals surface area contributed by atoms with Gasteiger partial charge >= 0.3 is 5.97 Å². The average Bonchev–Trinajstić information content (AvgIpc) is 2.10. The molecule has 0 amide bonds. The number of hydrogen-bond donors (Lipinski definition) is 0. The van der Waals surface area contributed by atoms with E-state index in [1.165, 1.54) is 13.2 Å². The van der Waals surface area contributed by atoms with Crippen molar-refractivity contribution in [2.75, 3.05) is 7.11 Å². The molecule has 0 aliphatic carbocycles. The lowest BCUT2D eigenvalue weighted by atomic mass is 10.2. The van der Waals surface area contributed by atoms with Crippen molar-refractivity contribution >= 4 is 5.97 Å². The largest absolute Gasteiger partial charge is 0.466 e. The summed E-state index contributed by atoms with van der Waals surface area (Å²) in [6, 6.07) is 0. The van der Waals surface area contributed by atoms with E-state index in [0.29, 0.717) is 0 Å². The maximum Gasteiger partial charge on any atom is 0.330 e. The van der Waals surface area contributed by atoms with Gasteiger partial charge in [0, 0.05) is 6.08 Å². The van der Waals surface area contributed by atoms with Gasteiger partial charge in [-0.25, -0.2) is 4.79 Å². The normalized spacial score (nSPS) is 10.1. The van der Waals surface area contributed by atoms with E-state index in [1.807, 2.05) is 12.2 Å². The quantitative estimate of drug-likeness (QED) is 0.263. The van der Waals surface area contributed by atoms with Crippen molar-refractivity contribution in [3.8, 4) is 0 Å². The third-order valence-corrected chi connectivity index (χ3v) is 1.48. The monoisotopic (exact) mass is 168 g/mol. The molecular weight excluding hydrogens is 152 g/mol. The highest BCUT2D eigenvalue weighted by Gasteiger charge is 1.88. The van der Waals surface area contributed by atoms with E-state index in [0.717, 1.165) is 25.7 Å². The molecule has 0 unspecified atom stereocenters. The summed E-state index contributed by atoms with van der Waals surface area (Å²) in [6.45, 7) is 3.63. The molecule has 2 heteroatoms. The number of carbonyl (C=O) groups excluding carboxylic acids is 1. The molecule has 0 bridgehead atoms. The molecule has 0 spiro atoms. The predicted octanol–water partition coefficient (Wildman–Crippen LogP) is 2.46. The van der Waals surface area contributed by atoms with Gasteiger partial charge in [0.15, 0.2) is 0 Å². The molecule has 0 radical (unpaired) electrons. The first-order valence-corrected chi connectivity index (χ1v) is 4.16. The number of rotatable bonds is 6. The van der Waals surface area contributed by atoms with Crippen molar-refractivity contribution in [1.82, 2.24) is 0 Å². The first kappa shape index (κ1) is 11.0. The number of methoxy groups -OCH3 is 1. The number of ether oxygens (including phenoxy) is 1. The molecule has 0 heterocycles. The van der Waals surface area contributed by atoms with E-state index in [9.17, 15) is 4.79 Å². The molecule has 0 aliphatic heterocycles. The molecule has 0 saturated heterocycles. The summed E-state index contributed by atoms with van der Waals surface area (Å²) in [4.78, 5) is 10.6. The molecule has 2 nitrogen and oxygen atoms in total. The Morgan fingerprint density at radius 1 is 1.42 bits per heavy atom. The van der Waals surface area contributed by atoms with E-state index >= 15 is 0 Å². The van der Waals surface area contributed by atoms with Crippen molar-refractivity contribution in [3.05, 3.63) is 24.8 Å². The smallest absolute Gasteiger partial charge is 0.330 e. The van der Waals surface area contributed by atoms with Gasteiger partial charge in [-0.05, 0) is 25.7 Å². The number of esters is 1. The fraction of sp³-hybridized carbons (Fsp3) is 0.500. The molecule has 0 aromatic heterocycles. The minimum atomic E-state index is -0.279. The van der Waals surface area contributed by atoms with Gasteiger partial charge in [0.1, 0.15) is 0 Å². The summed E-state index contributed by atoms with van der Waals surface area (Å²) >= 11 is 0. The molecule has 0 rings (SSSR count). The van der Waals surface area contributed by atoms with E-state index in [4.69, 9.17) is 0 Å². The summed E-state index contributed by atoms with van der Waals surface area (Å²) in [7, 11) is 1.38. The summed E-state index contributed by atoms with van der Waals surface area (Å²) in [5.74, 6) is -0.279. The van der Waals surface area contributed by atoms with Crippen molar-refractivity contribution in [2.45, 2.75) is 25.7 Å². The maximum absolute atomic E-state index is 10.6. The van der Waals surface area contributed by atoms with Crippen LogP contribution >= 0.6 is 0 Å². The molecular formula is C10H16O2. The van der Waals surface area contributed by atoms with Gasteiger partial charge in [-0.15, -0.1) is 6.58 Å². The Bertz CT molecular complexity index is 159. The molecule has 0 saturated carbocycles. The molecule has 0 aromatic carbocycles. The number of unbranched alkanes of at least 4 members (excludes halogenated alkanes) is 3. The van der Waals surface area contributed by atoms with E-state index in [-0.39, 0.29) is 5.97 Å². The molecule has 68 valence electrons. The standard InChI is InChI=1S/C10H16O2/c1-3-4-5-6-7-8-9-10(11)12-2/h3,8-9H,1,4-7H2,2H3/b9-8+. The Kier molecular flexibility index (Phi) is 7.35. The van der Waals surface area contributed by atoms with Crippen LogP contribution in [0.15, 0.2) is 24.8 Å². The maximum atomic E-state index is 10.6. The van der Waals surface area contributed by atoms with Crippen molar-refractivity contribution < 1.29 is 9.53 Å². The second-order valence-corrected chi connectivity index (χ2v) is 2.50. The summed E-state index contributed by atoms with van der Waals surface area (Å²) in [5.41, 5.74) is 0. The Labute approximate surface area is 73.9 Å². The van der Waals surface area contributed by atoms with Gasteiger partial charge in [-0.2, -0.15) is 0 Å². The van der Waals surface area contributed by atoms with Crippen LogP contribution in [0.3, 0.4) is 0 Å². The third kappa shape index (κ3) is 7.06. The van der Waals surface area contributed by atoms with Crippen LogP contribution in [-0.2, 0) is 9.53 Å². The molecule has 0 aromatic rings. The molecule has 0 aliphatic rings. The highest BCUT2D eigenvalue weighted by atomic mass is 16.5. The van der Waals surface area contributed by atoms with Crippen molar-refractivity contribution in [3.63, 3.8) is 0 Å². The van der Waals surface area contributed by atoms with Crippen LogP contribution in [0.1, 0.15) is 25.7 Å². The Morgan fingerprint density at radius 3 is 2.67 bits per heavy atom. The zero-order chi connectivity index (χ0) is 9.23. The van der Waals surface area contributed by atoms with Gasteiger partial charge in [0.2, 0.25) is 0 Å². The van der Waals surface area contributed by atoms with Crippen molar-refractivity contribution in [2.24, 2.45) is 0 Å². The summed E-state index contributed by atoms with van der Waals surface area (Å²) < 4.78 is 4.44. The van der Waals surface area contributed by atoms with E-state index < -0.39 is 0 Å². The number of allylic oxidation sites excluding steroid dienone is 2. The Morgan fingerprint density at radius 2 is 2.08 bits per heavy atom. The van der Waals surface area contributed by atoms with Crippen LogP contribution in [0.5, 0.6) is 0 Å². The first-order valence-electron chi connectivity index (χ1n) is 4.16. The Hall–Kier alpha value is -1.05. The number of hydrogen-bond acceptors (Lipinski definition) is 2. The van der Waals surface area contributed by atoms with Gasteiger partial charge in [-0.3, -0.25) is 0 Å². The highest BCUT2D eigenvalue weighted by Crippen LogP contribution is 2.00. The highest BCUT2D eigenvalue weighted by molar-refractivity contribution is 5.81. The second-order valence-electron chi connectivity index (χ2n) is 2.50. The molecule has 0 atom stereocenters. The van der Waals surface area contributed by atoms with Gasteiger partial charge in [0.05, 0.1) is 7.11 Å². The SMILES string of the molecule is C=CCCCC/C=C/C(=O)OC. The lowest BCUT2D eigenvalue weighted by molar-refractivity contribution is -0.134. The van der Waals surface area contributed by atoms with Crippen LogP contribution in [-0.4, -0.2) is 13.1 Å². The third-order valence-electron chi connectivity index (χ3n) is 1.48. The second kappa shape index (κ2) is 8.05. The van der Waals surface area contributed by atoms with E-state index in [1.54, 1.807) is 0 Å². The summed E-state index contributed by atoms with van der Waals surface area (Å²) in [6.07, 6.45) is 9.43. The van der Waals surface area contributed by atoms with Crippen LogP contribution < -0.4 is 0 Å². The van der Waals surface area contributed by atoms with Crippen LogP contribution in [0.2, 0.25) is 0 Å². The summed E-state index contributed by atoms with van der Waals surface area (Å²) in [5, 5.41) is 0. The molecule has 0 fully saturated rings. The van der Waals surface area contributed by atoms with E-state index in [2.05, 4.69) is 11.3 Å². The number of carbonyl (C=O) groups is 1. The topological polar surface area (TPSA) is 26.3 Å². The van der Waals surface area contributed by atoms with Gasteiger partial charge in [-0.1, -0.05) is 12.2 Å². The van der Waals surface area contributed by atoms with Crippen LogP contribution in [0.4, 0.5) is 0 Å². The minimum absolute atomic E-state index is 0.279.